The van der Waals surface area contributed by atoms with Gasteiger partial charge in [-0.15, -0.1) is 24.8 Å². The van der Waals surface area contributed by atoms with Crippen molar-refractivity contribution in [2.75, 3.05) is 36.8 Å². The summed E-state index contributed by atoms with van der Waals surface area (Å²) >= 11 is 1.74. The summed E-state index contributed by atoms with van der Waals surface area (Å²) in [7, 11) is 0. The van der Waals surface area contributed by atoms with E-state index in [9.17, 15) is 0 Å². The van der Waals surface area contributed by atoms with E-state index in [0.29, 0.717) is 0 Å². The Morgan fingerprint density at radius 1 is 0.667 bits per heavy atom. The molecule has 0 bridgehead atoms. The number of nitrogens with one attached hydrogen (secondary N) is 4. The lowest BCUT2D eigenvalue weighted by Gasteiger charge is -2.09. The second-order valence-electron chi connectivity index (χ2n) is 5.72. The molecule has 0 atom stereocenters. The molecule has 0 aromatic heterocycles. The molecule has 2 heterocycles. The topological polar surface area (TPSA) is 72.8 Å². The average Bonchev–Trinajstić information content (AvgIpc) is 3.33. The number of anilines is 2. The highest BCUT2D eigenvalue weighted by Gasteiger charge is 2.06. The van der Waals surface area contributed by atoms with E-state index in [4.69, 9.17) is 0 Å². The van der Waals surface area contributed by atoms with E-state index in [0.717, 1.165) is 49.5 Å². The number of rotatable bonds is 4. The maximum atomic E-state index is 4.34. The third kappa shape index (κ3) is 5.95. The van der Waals surface area contributed by atoms with Crippen LogP contribution < -0.4 is 21.3 Å². The van der Waals surface area contributed by atoms with Crippen molar-refractivity contribution in [1.82, 2.24) is 10.6 Å². The van der Waals surface area contributed by atoms with E-state index in [2.05, 4.69) is 79.8 Å². The Labute approximate surface area is 175 Å². The molecule has 144 valence electrons. The zero-order valence-corrected chi connectivity index (χ0v) is 17.0. The van der Waals surface area contributed by atoms with Crippen LogP contribution in [0, 0.1) is 0 Å². The van der Waals surface area contributed by atoms with Gasteiger partial charge in [-0.05, 0) is 48.5 Å². The third-order valence-corrected chi connectivity index (χ3v) is 4.83. The lowest BCUT2D eigenvalue weighted by molar-refractivity contribution is 0.959. The predicted molar refractivity (Wildman–Crippen MR) is 119 cm³/mol. The maximum absolute atomic E-state index is 4.34. The molecule has 2 aliphatic rings. The van der Waals surface area contributed by atoms with E-state index in [1.54, 1.807) is 11.8 Å². The molecular formula is C18H22Cl2N6S. The van der Waals surface area contributed by atoms with Crippen molar-refractivity contribution in [2.24, 2.45) is 9.98 Å². The van der Waals surface area contributed by atoms with Crippen molar-refractivity contribution in [3.63, 3.8) is 0 Å². The molecule has 0 saturated carbocycles. The largest absolute Gasteiger partial charge is 0.354 e. The van der Waals surface area contributed by atoms with Gasteiger partial charge in [0.2, 0.25) is 0 Å². The Kier molecular flexibility index (Phi) is 8.09. The van der Waals surface area contributed by atoms with Gasteiger partial charge < -0.3 is 21.3 Å². The number of halogens is 2. The summed E-state index contributed by atoms with van der Waals surface area (Å²) in [6.45, 7) is 3.49. The van der Waals surface area contributed by atoms with Gasteiger partial charge >= 0.3 is 0 Å². The second-order valence-corrected chi connectivity index (χ2v) is 6.86. The minimum Gasteiger partial charge on any atom is -0.354 e. The third-order valence-electron chi connectivity index (χ3n) is 3.82. The van der Waals surface area contributed by atoms with Gasteiger partial charge in [-0.1, -0.05) is 11.8 Å². The van der Waals surface area contributed by atoms with Gasteiger partial charge in [0, 0.05) is 34.3 Å². The monoisotopic (exact) mass is 424 g/mol. The summed E-state index contributed by atoms with van der Waals surface area (Å²) in [6.07, 6.45) is 0. The minimum atomic E-state index is 0. The Hall–Kier alpha value is -2.09. The van der Waals surface area contributed by atoms with Crippen LogP contribution in [0.5, 0.6) is 0 Å². The first-order valence-corrected chi connectivity index (χ1v) is 9.15. The Bertz CT molecular complexity index is 725. The minimum absolute atomic E-state index is 0. The van der Waals surface area contributed by atoms with Crippen LogP contribution in [-0.4, -0.2) is 38.1 Å². The first kappa shape index (κ1) is 21.2. The maximum Gasteiger partial charge on any atom is 0.195 e. The van der Waals surface area contributed by atoms with Crippen molar-refractivity contribution in [3.8, 4) is 0 Å². The number of aliphatic imine (C=N–C) groups is 2. The fraction of sp³-hybridized carbons (Fsp3) is 0.222. The van der Waals surface area contributed by atoms with Crippen LogP contribution >= 0.6 is 36.6 Å². The molecule has 27 heavy (non-hydrogen) atoms. The van der Waals surface area contributed by atoms with Gasteiger partial charge in [-0.2, -0.15) is 0 Å². The summed E-state index contributed by atoms with van der Waals surface area (Å²) < 4.78 is 0. The zero-order valence-electron chi connectivity index (χ0n) is 14.6. The first-order chi connectivity index (χ1) is 12.3. The van der Waals surface area contributed by atoms with Gasteiger partial charge in [0.1, 0.15) is 0 Å². The highest BCUT2D eigenvalue weighted by atomic mass is 35.5. The molecule has 9 heteroatoms. The zero-order chi connectivity index (χ0) is 16.9. The molecule has 0 amide bonds. The number of nitrogens with zero attached hydrogens (tertiary/aromatic N) is 2. The molecule has 0 saturated heterocycles. The van der Waals surface area contributed by atoms with Gasteiger partial charge in [-0.3, -0.25) is 9.98 Å². The predicted octanol–water partition coefficient (Wildman–Crippen LogP) is 3.42. The summed E-state index contributed by atoms with van der Waals surface area (Å²) in [6, 6.07) is 16.8. The van der Waals surface area contributed by atoms with Crippen LogP contribution in [0.2, 0.25) is 0 Å². The van der Waals surface area contributed by atoms with E-state index in [-0.39, 0.29) is 24.8 Å². The molecule has 2 aromatic carbocycles. The molecule has 0 unspecified atom stereocenters. The van der Waals surface area contributed by atoms with Crippen LogP contribution in [0.15, 0.2) is 68.3 Å². The molecule has 0 aliphatic carbocycles. The van der Waals surface area contributed by atoms with Crippen molar-refractivity contribution < 1.29 is 0 Å². The summed E-state index contributed by atoms with van der Waals surface area (Å²) in [5.41, 5.74) is 2.09. The van der Waals surface area contributed by atoms with Crippen LogP contribution in [0.1, 0.15) is 0 Å². The fourth-order valence-electron chi connectivity index (χ4n) is 2.59. The average molecular weight is 425 g/mol. The van der Waals surface area contributed by atoms with Gasteiger partial charge in [0.15, 0.2) is 11.9 Å². The number of hydrogen-bond acceptors (Lipinski definition) is 7. The first-order valence-electron chi connectivity index (χ1n) is 8.34. The molecular weight excluding hydrogens is 403 g/mol. The molecule has 2 aromatic rings. The SMILES string of the molecule is Cl.Cl.c1cc(Sc2ccc(NC3=NCCN3)cc2)ccc1NC1=NCCN1. The molecule has 0 fully saturated rings. The van der Waals surface area contributed by atoms with E-state index < -0.39 is 0 Å². The molecule has 4 rings (SSSR count). The number of hydrogen-bond donors (Lipinski definition) is 4. The van der Waals surface area contributed by atoms with E-state index in [1.807, 2.05) is 0 Å². The van der Waals surface area contributed by atoms with Crippen LogP contribution in [0.25, 0.3) is 0 Å². The molecule has 0 radical (unpaired) electrons. The van der Waals surface area contributed by atoms with Crippen molar-refractivity contribution >= 4 is 59.9 Å². The van der Waals surface area contributed by atoms with Crippen molar-refractivity contribution in [1.29, 1.82) is 0 Å². The fourth-order valence-corrected chi connectivity index (χ4v) is 3.40. The molecule has 4 N–H and O–H groups in total. The van der Waals surface area contributed by atoms with Gasteiger partial charge in [0.05, 0.1) is 13.1 Å². The smallest absolute Gasteiger partial charge is 0.195 e. The van der Waals surface area contributed by atoms with Crippen LogP contribution in [-0.2, 0) is 0 Å². The molecule has 2 aliphatic heterocycles. The standard InChI is InChI=1S/C18H20N6S.2ClH/c1-5-15(6-2-13(1)23-17-19-9-10-20-17)25-16-7-3-14(4-8-16)24-18-21-11-12-22-18;;/h1-8H,9-12H2,(H2,19,20,23)(H2,21,22,24);2*1H. The van der Waals surface area contributed by atoms with Gasteiger partial charge in [0.25, 0.3) is 0 Å². The summed E-state index contributed by atoms with van der Waals surface area (Å²) in [5.74, 6) is 1.70. The second kappa shape index (κ2) is 10.3. The van der Waals surface area contributed by atoms with E-state index in [1.165, 1.54) is 9.79 Å². The Morgan fingerprint density at radius 3 is 1.41 bits per heavy atom. The van der Waals surface area contributed by atoms with Crippen molar-refractivity contribution in [3.05, 3.63) is 48.5 Å². The van der Waals surface area contributed by atoms with E-state index >= 15 is 0 Å². The van der Waals surface area contributed by atoms with Crippen LogP contribution in [0.4, 0.5) is 11.4 Å². The number of benzene rings is 2. The van der Waals surface area contributed by atoms with Crippen molar-refractivity contribution in [2.45, 2.75) is 9.79 Å². The molecule has 6 nitrogen and oxygen atoms in total. The lowest BCUT2D eigenvalue weighted by Crippen LogP contribution is -2.26. The Balaban J connectivity index is 0.00000131. The highest BCUT2D eigenvalue weighted by Crippen LogP contribution is 2.29. The van der Waals surface area contributed by atoms with Gasteiger partial charge in [-0.25, -0.2) is 0 Å². The normalized spacial score (nSPS) is 14.7. The number of guanidine groups is 2. The highest BCUT2D eigenvalue weighted by molar-refractivity contribution is 7.99. The quantitative estimate of drug-likeness (QED) is 0.604. The summed E-state index contributed by atoms with van der Waals surface area (Å²) in [4.78, 5) is 11.1. The Morgan fingerprint density at radius 2 is 1.07 bits per heavy atom. The summed E-state index contributed by atoms with van der Waals surface area (Å²) in [5, 5.41) is 13.0. The molecule has 0 spiro atoms. The van der Waals surface area contributed by atoms with Crippen LogP contribution in [0.3, 0.4) is 0 Å². The lowest BCUT2D eigenvalue weighted by atomic mass is 10.3.